The summed E-state index contributed by atoms with van der Waals surface area (Å²) in [7, 11) is 0. The predicted molar refractivity (Wildman–Crippen MR) is 99.5 cm³/mol. The van der Waals surface area contributed by atoms with E-state index in [2.05, 4.69) is 6.58 Å². The maximum absolute atomic E-state index is 12.7. The van der Waals surface area contributed by atoms with Gasteiger partial charge in [-0.1, -0.05) is 26.3 Å². The van der Waals surface area contributed by atoms with Gasteiger partial charge in [-0.2, -0.15) is 0 Å². The molecule has 7 nitrogen and oxygen atoms in total. The molecule has 0 aromatic heterocycles. The first kappa shape index (κ1) is 20.8. The van der Waals surface area contributed by atoms with Crippen LogP contribution in [-0.2, 0) is 14.4 Å². The predicted octanol–water partition coefficient (Wildman–Crippen LogP) is 2.78. The standard InChI is InChI=1S/C21H30O7/c1-5-12-20(9-11(2)19(4,28)10-20)13(15(22)23)14-18(3,16(24)25)7-6-8-21(12,14)17(26)27/h12-14,28H,2,5-10H2,1,3-4H3,(H,22,23)(H,24,25)(H,26,27)/t12?,13?,14?,18-,19+,20?,21-/m1/s1. The van der Waals surface area contributed by atoms with Crippen LogP contribution in [0.5, 0.6) is 0 Å². The minimum absolute atomic E-state index is 0.0928. The lowest BCUT2D eigenvalue weighted by molar-refractivity contribution is -0.177. The molecule has 28 heavy (non-hydrogen) atoms. The molecule has 3 rings (SSSR count). The highest BCUT2D eigenvalue weighted by Gasteiger charge is 2.78. The Morgan fingerprint density at radius 2 is 1.71 bits per heavy atom. The average Bonchev–Trinajstić information content (AvgIpc) is 2.95. The van der Waals surface area contributed by atoms with Crippen molar-refractivity contribution in [3.63, 3.8) is 0 Å². The first-order valence-electron chi connectivity index (χ1n) is 9.91. The van der Waals surface area contributed by atoms with Crippen LogP contribution in [0.25, 0.3) is 0 Å². The van der Waals surface area contributed by atoms with Gasteiger partial charge < -0.3 is 20.4 Å². The van der Waals surface area contributed by atoms with Gasteiger partial charge in [0.25, 0.3) is 0 Å². The van der Waals surface area contributed by atoms with E-state index in [1.165, 1.54) is 6.92 Å². The van der Waals surface area contributed by atoms with Crippen LogP contribution in [0.2, 0.25) is 0 Å². The Bertz CT molecular complexity index is 756. The molecule has 7 atom stereocenters. The molecule has 7 heteroatoms. The fourth-order valence-electron chi connectivity index (χ4n) is 7.42. The summed E-state index contributed by atoms with van der Waals surface area (Å²) in [4.78, 5) is 37.6. The SMILES string of the molecule is C=C1CC2(C[C@]1(C)O)C(C(=O)O)C1[C@@](C(=O)O)(CCC[C@@]1(C)C(=O)O)C2CC. The number of carbonyl (C=O) groups is 3. The summed E-state index contributed by atoms with van der Waals surface area (Å²) in [6.45, 7) is 8.86. The third-order valence-corrected chi connectivity index (χ3v) is 8.34. The highest BCUT2D eigenvalue weighted by atomic mass is 16.4. The zero-order chi connectivity index (χ0) is 21.3. The maximum atomic E-state index is 12.7. The summed E-state index contributed by atoms with van der Waals surface area (Å²) in [5, 5.41) is 41.5. The van der Waals surface area contributed by atoms with Crippen LogP contribution in [-0.4, -0.2) is 43.9 Å². The Hall–Kier alpha value is -1.89. The zero-order valence-electron chi connectivity index (χ0n) is 16.7. The third kappa shape index (κ3) is 2.28. The van der Waals surface area contributed by atoms with E-state index in [1.807, 2.05) is 6.92 Å². The highest BCUT2D eigenvalue weighted by Crippen LogP contribution is 2.75. The first-order valence-corrected chi connectivity index (χ1v) is 9.91. The Balaban J connectivity index is 2.36. The second kappa shape index (κ2) is 6.05. The molecular formula is C21H30O7. The Morgan fingerprint density at radius 1 is 1.11 bits per heavy atom. The van der Waals surface area contributed by atoms with E-state index in [0.29, 0.717) is 18.4 Å². The maximum Gasteiger partial charge on any atom is 0.310 e. The lowest BCUT2D eigenvalue weighted by Gasteiger charge is -2.48. The lowest BCUT2D eigenvalue weighted by atomic mass is 9.52. The quantitative estimate of drug-likeness (QED) is 0.539. The van der Waals surface area contributed by atoms with Crippen LogP contribution >= 0.6 is 0 Å². The van der Waals surface area contributed by atoms with Crippen molar-refractivity contribution in [2.24, 2.45) is 34.0 Å². The van der Waals surface area contributed by atoms with Crippen LogP contribution in [0.15, 0.2) is 12.2 Å². The molecule has 0 bridgehead atoms. The fourth-order valence-corrected chi connectivity index (χ4v) is 7.42. The topological polar surface area (TPSA) is 132 Å². The van der Waals surface area contributed by atoms with E-state index in [4.69, 9.17) is 0 Å². The number of rotatable bonds is 4. The molecule has 0 saturated heterocycles. The van der Waals surface area contributed by atoms with Crippen LogP contribution in [0.4, 0.5) is 0 Å². The molecule has 0 aromatic carbocycles. The average molecular weight is 394 g/mol. The van der Waals surface area contributed by atoms with Gasteiger partial charge in [-0.15, -0.1) is 0 Å². The summed E-state index contributed by atoms with van der Waals surface area (Å²) >= 11 is 0. The van der Waals surface area contributed by atoms with E-state index >= 15 is 0 Å². The van der Waals surface area contributed by atoms with Crippen LogP contribution < -0.4 is 0 Å². The number of carboxylic acids is 3. The molecule has 4 unspecified atom stereocenters. The molecule has 3 saturated carbocycles. The highest BCUT2D eigenvalue weighted by molar-refractivity contribution is 5.85. The fraction of sp³-hybridized carbons (Fsp3) is 0.762. The van der Waals surface area contributed by atoms with Gasteiger partial charge >= 0.3 is 17.9 Å². The second-order valence-electron chi connectivity index (χ2n) is 9.64. The first-order chi connectivity index (χ1) is 12.8. The van der Waals surface area contributed by atoms with E-state index in [9.17, 15) is 34.8 Å². The van der Waals surface area contributed by atoms with E-state index < -0.39 is 57.5 Å². The molecular weight excluding hydrogens is 364 g/mol. The summed E-state index contributed by atoms with van der Waals surface area (Å²) in [5.74, 6) is -6.20. The van der Waals surface area contributed by atoms with Crippen molar-refractivity contribution in [3.05, 3.63) is 12.2 Å². The molecule has 0 radical (unpaired) electrons. The Morgan fingerprint density at radius 3 is 2.11 bits per heavy atom. The van der Waals surface area contributed by atoms with Gasteiger partial charge in [0.05, 0.1) is 22.3 Å². The molecule has 1 spiro atoms. The van der Waals surface area contributed by atoms with E-state index in [0.717, 1.165) is 0 Å². The number of hydrogen-bond donors (Lipinski definition) is 4. The molecule has 0 aromatic rings. The van der Waals surface area contributed by atoms with Gasteiger partial charge in [-0.25, -0.2) is 0 Å². The van der Waals surface area contributed by atoms with Crippen molar-refractivity contribution in [1.29, 1.82) is 0 Å². The summed E-state index contributed by atoms with van der Waals surface area (Å²) < 4.78 is 0. The van der Waals surface area contributed by atoms with Crippen LogP contribution in [0.1, 0.15) is 59.3 Å². The summed E-state index contributed by atoms with van der Waals surface area (Å²) in [6.07, 6.45) is 1.63. The molecule has 3 fully saturated rings. The van der Waals surface area contributed by atoms with Crippen molar-refractivity contribution >= 4 is 17.9 Å². The molecule has 0 heterocycles. The van der Waals surface area contributed by atoms with Gasteiger partial charge in [-0.05, 0) is 56.4 Å². The number of carboxylic acid groups (broad SMARTS) is 3. The summed E-state index contributed by atoms with van der Waals surface area (Å²) in [5.41, 5.74) is -4.72. The molecule has 4 N–H and O–H groups in total. The number of aliphatic hydroxyl groups is 1. The molecule has 3 aliphatic rings. The molecule has 3 aliphatic carbocycles. The Labute approximate surface area is 164 Å². The summed E-state index contributed by atoms with van der Waals surface area (Å²) in [6, 6.07) is 0. The van der Waals surface area contributed by atoms with Gasteiger partial charge in [0.1, 0.15) is 0 Å². The van der Waals surface area contributed by atoms with Crippen LogP contribution in [0.3, 0.4) is 0 Å². The number of fused-ring (bicyclic) bond motifs is 1. The molecule has 0 amide bonds. The minimum Gasteiger partial charge on any atom is -0.481 e. The number of hydrogen-bond acceptors (Lipinski definition) is 4. The smallest absolute Gasteiger partial charge is 0.310 e. The van der Waals surface area contributed by atoms with E-state index in [1.54, 1.807) is 6.92 Å². The van der Waals surface area contributed by atoms with Gasteiger partial charge in [0.2, 0.25) is 0 Å². The van der Waals surface area contributed by atoms with Gasteiger partial charge in [-0.3, -0.25) is 14.4 Å². The number of aliphatic carboxylic acids is 3. The zero-order valence-corrected chi connectivity index (χ0v) is 16.7. The van der Waals surface area contributed by atoms with Crippen molar-refractivity contribution in [2.75, 3.05) is 0 Å². The van der Waals surface area contributed by atoms with Gasteiger partial charge in [0, 0.05) is 5.92 Å². The minimum atomic E-state index is -1.45. The van der Waals surface area contributed by atoms with E-state index in [-0.39, 0.29) is 25.7 Å². The van der Waals surface area contributed by atoms with Crippen molar-refractivity contribution < 1.29 is 34.8 Å². The monoisotopic (exact) mass is 394 g/mol. The third-order valence-electron chi connectivity index (χ3n) is 8.34. The van der Waals surface area contributed by atoms with Crippen LogP contribution in [0, 0.1) is 34.0 Å². The van der Waals surface area contributed by atoms with Crippen molar-refractivity contribution in [1.82, 2.24) is 0 Å². The van der Waals surface area contributed by atoms with Gasteiger partial charge in [0.15, 0.2) is 0 Å². The largest absolute Gasteiger partial charge is 0.481 e. The molecule has 156 valence electrons. The second-order valence-corrected chi connectivity index (χ2v) is 9.64. The Kier molecular flexibility index (Phi) is 4.50. The van der Waals surface area contributed by atoms with Crippen molar-refractivity contribution in [3.8, 4) is 0 Å². The van der Waals surface area contributed by atoms with Crippen molar-refractivity contribution in [2.45, 2.75) is 64.9 Å². The normalized spacial score (nSPS) is 47.9. The lowest BCUT2D eigenvalue weighted by Crippen LogP contribution is -2.54. The molecule has 0 aliphatic heterocycles.